The van der Waals surface area contributed by atoms with Crippen LogP contribution in [-0.2, 0) is 23.9 Å². The van der Waals surface area contributed by atoms with E-state index in [1.807, 2.05) is 21.1 Å². The van der Waals surface area contributed by atoms with Crippen LogP contribution in [0, 0.1) is 0 Å². The smallest absolute Gasteiger partial charge is 0.328 e. The number of nitrogens with one attached hydrogen (secondary N) is 1. The fourth-order valence-electron chi connectivity index (χ4n) is 4.69. The predicted molar refractivity (Wildman–Crippen MR) is 170 cm³/mol. The summed E-state index contributed by atoms with van der Waals surface area (Å²) in [6.45, 7) is 2.66. The highest BCUT2D eigenvalue weighted by Gasteiger charge is 2.26. The molecular weight excluding hydrogens is 552 g/mol. The topological polar surface area (TPSA) is 81.7 Å². The number of hydrogen-bond donors (Lipinski definition) is 1. The van der Waals surface area contributed by atoms with Crippen molar-refractivity contribution in [3.63, 3.8) is 0 Å². The number of rotatable bonds is 29. The number of unbranched alkanes of at least 4 members (excludes halogenated alkanes) is 16. The van der Waals surface area contributed by atoms with E-state index in [4.69, 9.17) is 12.2 Å². The van der Waals surface area contributed by atoms with Crippen molar-refractivity contribution >= 4 is 17.8 Å². The Labute approximate surface area is 268 Å². The molecule has 3 atom stereocenters. The Morgan fingerprint density at radius 3 is 1.43 bits per heavy atom. The SMILES string of the molecule is [2H]C(CCCCCCCCCCC)OC(=O)CC[C@H](NC(=O)C[N+](C)(C)C)C(=O)OC([2H])CCCCCCCCCCC.[Cl-]. The first-order valence-electron chi connectivity index (χ1n) is 18.0. The van der Waals surface area contributed by atoms with E-state index in [9.17, 15) is 14.4 Å². The number of hydrogen-bond acceptors (Lipinski definition) is 5. The Balaban J connectivity index is 0. The molecule has 0 saturated carbocycles. The lowest BCUT2D eigenvalue weighted by Gasteiger charge is -2.24. The highest BCUT2D eigenvalue weighted by atomic mass is 35.5. The summed E-state index contributed by atoms with van der Waals surface area (Å²) in [5, 5.41) is 2.69. The lowest BCUT2D eigenvalue weighted by molar-refractivity contribution is -0.862. The van der Waals surface area contributed by atoms with E-state index >= 15 is 0 Å². The highest BCUT2D eigenvalue weighted by Crippen LogP contribution is 2.12. The summed E-state index contributed by atoms with van der Waals surface area (Å²) in [6, 6.07) is -1.04. The van der Waals surface area contributed by atoms with E-state index in [-0.39, 0.29) is 37.7 Å². The highest BCUT2D eigenvalue weighted by molar-refractivity contribution is 5.85. The molecule has 0 fully saturated rings. The molecule has 2 unspecified atom stereocenters. The number of likely N-dealkylation sites (N-methyl/N-ethyl adjacent to an activating group) is 1. The van der Waals surface area contributed by atoms with Crippen molar-refractivity contribution in [1.82, 2.24) is 5.32 Å². The number of amides is 1. The van der Waals surface area contributed by atoms with E-state index in [0.717, 1.165) is 38.5 Å². The van der Waals surface area contributed by atoms with E-state index in [2.05, 4.69) is 19.2 Å². The zero-order valence-corrected chi connectivity index (χ0v) is 28.6. The van der Waals surface area contributed by atoms with Crippen LogP contribution in [0.25, 0.3) is 0 Å². The quantitative estimate of drug-likeness (QED) is 0.0732. The van der Waals surface area contributed by atoms with Gasteiger partial charge in [0.25, 0.3) is 5.91 Å². The fraction of sp³-hybridized carbons (Fsp3) is 0.912. The Kier molecular flexibility index (Phi) is 27.4. The average molecular weight is 621 g/mol. The molecule has 250 valence electrons. The number of quaternary nitrogens is 1. The third-order valence-electron chi connectivity index (χ3n) is 7.14. The van der Waals surface area contributed by atoms with Crippen LogP contribution in [-0.4, -0.2) is 69.2 Å². The third-order valence-corrected chi connectivity index (χ3v) is 7.14. The van der Waals surface area contributed by atoms with Gasteiger partial charge >= 0.3 is 11.9 Å². The van der Waals surface area contributed by atoms with Gasteiger partial charge in [-0.1, -0.05) is 129 Å². The molecule has 0 aliphatic rings. The van der Waals surface area contributed by atoms with Gasteiger partial charge in [0.1, 0.15) is 6.04 Å². The zero-order valence-electron chi connectivity index (χ0n) is 29.9. The van der Waals surface area contributed by atoms with Crippen LogP contribution in [0.15, 0.2) is 0 Å². The van der Waals surface area contributed by atoms with Crippen molar-refractivity contribution in [2.75, 3.05) is 40.9 Å². The van der Waals surface area contributed by atoms with E-state index in [1.54, 1.807) is 0 Å². The van der Waals surface area contributed by atoms with Crippen molar-refractivity contribution in [3.8, 4) is 0 Å². The lowest BCUT2D eigenvalue weighted by Crippen LogP contribution is -3.00. The second-order valence-electron chi connectivity index (χ2n) is 12.6. The van der Waals surface area contributed by atoms with Gasteiger partial charge in [-0.2, -0.15) is 0 Å². The molecule has 8 heteroatoms. The first-order chi connectivity index (χ1) is 20.5. The Morgan fingerprint density at radius 2 is 1.02 bits per heavy atom. The summed E-state index contributed by atoms with van der Waals surface area (Å²) >= 11 is 0. The van der Waals surface area contributed by atoms with Crippen LogP contribution in [0.2, 0.25) is 0 Å². The molecule has 0 bridgehead atoms. The summed E-state index contributed by atoms with van der Waals surface area (Å²) in [7, 11) is 5.62. The maximum atomic E-state index is 12.9. The van der Waals surface area contributed by atoms with Gasteiger partial charge in [-0.25, -0.2) is 4.79 Å². The summed E-state index contributed by atoms with van der Waals surface area (Å²) < 4.78 is 27.3. The second-order valence-corrected chi connectivity index (χ2v) is 12.6. The molecule has 0 aliphatic carbocycles. The maximum absolute atomic E-state index is 12.9. The molecule has 0 spiro atoms. The molecule has 0 aliphatic heterocycles. The van der Waals surface area contributed by atoms with Crippen molar-refractivity contribution in [1.29, 1.82) is 0 Å². The number of esters is 2. The summed E-state index contributed by atoms with van der Waals surface area (Å²) in [5.74, 6) is -1.59. The molecule has 1 N–H and O–H groups in total. The largest absolute Gasteiger partial charge is 1.00 e. The van der Waals surface area contributed by atoms with Crippen molar-refractivity contribution in [2.45, 2.75) is 161 Å². The van der Waals surface area contributed by atoms with Crippen LogP contribution in [0.3, 0.4) is 0 Å². The summed E-state index contributed by atoms with van der Waals surface area (Å²) in [4.78, 5) is 37.9. The first-order valence-corrected chi connectivity index (χ1v) is 16.8. The molecule has 1 amide bonds. The molecular formula is C34H67ClN2O5. The van der Waals surface area contributed by atoms with Crippen LogP contribution >= 0.6 is 0 Å². The Hall–Kier alpha value is -1.34. The number of ether oxygens (including phenoxy) is 2. The zero-order chi connectivity index (χ0) is 32.3. The molecule has 7 nitrogen and oxygen atoms in total. The average Bonchev–Trinajstić information content (AvgIpc) is 2.92. The van der Waals surface area contributed by atoms with E-state index in [0.29, 0.717) is 17.3 Å². The Bertz CT molecular complexity index is 724. The molecule has 0 aromatic carbocycles. The molecule has 0 aromatic rings. The summed E-state index contributed by atoms with van der Waals surface area (Å²) in [6.07, 6.45) is 22.0. The van der Waals surface area contributed by atoms with Crippen molar-refractivity contribution in [2.24, 2.45) is 0 Å². The molecule has 0 radical (unpaired) electrons. The molecule has 42 heavy (non-hydrogen) atoms. The minimum absolute atomic E-state index is 0. The van der Waals surface area contributed by atoms with Gasteiger partial charge in [0, 0.05) is 6.42 Å². The lowest BCUT2D eigenvalue weighted by atomic mass is 10.1. The first kappa shape index (κ1) is 38.7. The minimum atomic E-state index is -1.04. The monoisotopic (exact) mass is 620 g/mol. The number of carbonyl (C=O) groups is 3. The van der Waals surface area contributed by atoms with Crippen molar-refractivity contribution in [3.05, 3.63) is 0 Å². The normalized spacial score (nSPS) is 14.1. The van der Waals surface area contributed by atoms with Gasteiger partial charge in [-0.3, -0.25) is 9.59 Å². The predicted octanol–water partition coefficient (Wildman–Crippen LogP) is 4.89. The second kappa shape index (κ2) is 29.7. The van der Waals surface area contributed by atoms with Crippen LogP contribution in [0.4, 0.5) is 0 Å². The molecule has 0 saturated heterocycles. The standard InChI is InChI=1S/C34H66N2O5.ClH/c1-6-8-10-12-14-16-18-20-22-24-28-40-33(38)27-26-31(35-32(37)30-36(3,4)5)34(39)41-29-25-23-21-19-17-15-13-11-9-7-2;/h31H,6-30H2,1-5H3;1H/t31-;/m0./s1/i28D,29D;/t28?,29?,31-;. The van der Waals surface area contributed by atoms with Crippen LogP contribution in [0.5, 0.6) is 0 Å². The van der Waals surface area contributed by atoms with Crippen molar-refractivity contribution < 1.29 is 43.5 Å². The summed E-state index contributed by atoms with van der Waals surface area (Å²) in [5.41, 5.74) is 0. The van der Waals surface area contributed by atoms with Gasteiger partial charge in [-0.15, -0.1) is 0 Å². The van der Waals surface area contributed by atoms with Crippen LogP contribution in [0.1, 0.15) is 158 Å². The van der Waals surface area contributed by atoms with E-state index in [1.165, 1.54) is 77.0 Å². The van der Waals surface area contributed by atoms with Gasteiger partial charge < -0.3 is 31.7 Å². The number of halogens is 1. The molecule has 0 aromatic heterocycles. The molecule has 0 heterocycles. The number of carbonyl (C=O) groups excluding carboxylic acids is 3. The maximum Gasteiger partial charge on any atom is 0.328 e. The van der Waals surface area contributed by atoms with Gasteiger partial charge in [0.15, 0.2) is 6.54 Å². The third kappa shape index (κ3) is 30.1. The Morgan fingerprint density at radius 1 is 0.643 bits per heavy atom. The van der Waals surface area contributed by atoms with Crippen LogP contribution < -0.4 is 17.7 Å². The van der Waals surface area contributed by atoms with Gasteiger partial charge in [0.05, 0.1) is 37.1 Å². The number of nitrogens with zero attached hydrogens (tertiary/aromatic N) is 1. The van der Waals surface area contributed by atoms with E-state index < -0.39 is 31.1 Å². The van der Waals surface area contributed by atoms with Gasteiger partial charge in [0.2, 0.25) is 0 Å². The fourth-order valence-corrected chi connectivity index (χ4v) is 4.69. The van der Waals surface area contributed by atoms with Gasteiger partial charge in [-0.05, 0) is 19.3 Å². The molecule has 0 rings (SSSR count). The minimum Gasteiger partial charge on any atom is -1.00 e.